The Hall–Kier alpha value is -1.55. The van der Waals surface area contributed by atoms with Crippen molar-refractivity contribution in [2.75, 3.05) is 0 Å². The van der Waals surface area contributed by atoms with E-state index < -0.39 is 5.60 Å². The lowest BCUT2D eigenvalue weighted by atomic mass is 10.0. The summed E-state index contributed by atoms with van der Waals surface area (Å²) in [6.45, 7) is 10.3. The highest BCUT2D eigenvalue weighted by molar-refractivity contribution is 5.69. The summed E-state index contributed by atoms with van der Waals surface area (Å²) in [4.78, 5) is 14.0. The van der Waals surface area contributed by atoms with Gasteiger partial charge in [0.15, 0.2) is 0 Å². The van der Waals surface area contributed by atoms with Gasteiger partial charge in [-0.15, -0.1) is 0 Å². The molecule has 2 atom stereocenters. The maximum atomic E-state index is 12.2. The van der Waals surface area contributed by atoms with E-state index in [4.69, 9.17) is 4.74 Å². The first kappa shape index (κ1) is 17.3. The van der Waals surface area contributed by atoms with Crippen LogP contribution in [0.25, 0.3) is 0 Å². The second-order valence-corrected chi connectivity index (χ2v) is 8.34. The Morgan fingerprint density at radius 3 is 2.67 bits per heavy atom. The fraction of sp³-hybridized carbons (Fsp3) is 0.650. The molecule has 4 heteroatoms. The van der Waals surface area contributed by atoms with Crippen LogP contribution in [0, 0.1) is 5.92 Å². The molecule has 1 aliphatic carbocycles. The predicted octanol–water partition coefficient (Wildman–Crippen LogP) is 4.22. The van der Waals surface area contributed by atoms with E-state index in [1.54, 1.807) is 4.90 Å². The fourth-order valence-corrected chi connectivity index (χ4v) is 3.71. The monoisotopic (exact) mass is 330 g/mol. The molecule has 1 amide bonds. The number of fused-ring (bicyclic) bond motifs is 1. The SMILES string of the molecule is CC1CCCC1NCc1ccc2c(c1)CN(C(=O)OC(C)(C)C)C2. The molecule has 1 aromatic rings. The molecule has 0 saturated heterocycles. The highest BCUT2D eigenvalue weighted by atomic mass is 16.6. The largest absolute Gasteiger partial charge is 0.444 e. The third-order valence-electron chi connectivity index (χ3n) is 5.07. The van der Waals surface area contributed by atoms with E-state index in [0.717, 1.165) is 12.5 Å². The number of nitrogens with one attached hydrogen (secondary N) is 1. The van der Waals surface area contributed by atoms with Crippen molar-refractivity contribution in [3.63, 3.8) is 0 Å². The quantitative estimate of drug-likeness (QED) is 0.902. The van der Waals surface area contributed by atoms with Gasteiger partial charge in [-0.05, 0) is 56.2 Å². The van der Waals surface area contributed by atoms with E-state index in [-0.39, 0.29) is 6.09 Å². The van der Waals surface area contributed by atoms with Crippen LogP contribution in [0.2, 0.25) is 0 Å². The molecule has 132 valence electrons. The molecule has 1 saturated carbocycles. The van der Waals surface area contributed by atoms with Gasteiger partial charge in [0.25, 0.3) is 0 Å². The summed E-state index contributed by atoms with van der Waals surface area (Å²) in [6, 6.07) is 7.24. The van der Waals surface area contributed by atoms with Crippen molar-refractivity contribution in [1.29, 1.82) is 0 Å². The van der Waals surface area contributed by atoms with Gasteiger partial charge in [0.05, 0.1) is 0 Å². The van der Waals surface area contributed by atoms with E-state index in [9.17, 15) is 4.79 Å². The Morgan fingerprint density at radius 1 is 1.25 bits per heavy atom. The minimum atomic E-state index is -0.446. The molecule has 24 heavy (non-hydrogen) atoms. The molecule has 1 aliphatic heterocycles. The Balaban J connectivity index is 1.58. The minimum absolute atomic E-state index is 0.224. The number of carbonyl (C=O) groups excluding carboxylic acids is 1. The number of benzene rings is 1. The van der Waals surface area contributed by atoms with Crippen molar-refractivity contribution < 1.29 is 9.53 Å². The third kappa shape index (κ3) is 4.10. The number of ether oxygens (including phenoxy) is 1. The second kappa shape index (κ2) is 6.75. The van der Waals surface area contributed by atoms with Gasteiger partial charge in [0.2, 0.25) is 0 Å². The molecular weight excluding hydrogens is 300 g/mol. The van der Waals surface area contributed by atoms with Crippen LogP contribution in [0.3, 0.4) is 0 Å². The van der Waals surface area contributed by atoms with Gasteiger partial charge in [-0.1, -0.05) is 31.5 Å². The van der Waals surface area contributed by atoms with Crippen LogP contribution in [0.4, 0.5) is 4.79 Å². The van der Waals surface area contributed by atoms with Crippen molar-refractivity contribution in [2.45, 2.75) is 78.2 Å². The van der Waals surface area contributed by atoms with Gasteiger partial charge in [-0.25, -0.2) is 4.79 Å². The molecule has 1 N–H and O–H groups in total. The summed E-state index contributed by atoms with van der Waals surface area (Å²) < 4.78 is 5.48. The molecule has 4 nitrogen and oxygen atoms in total. The minimum Gasteiger partial charge on any atom is -0.444 e. The van der Waals surface area contributed by atoms with Crippen molar-refractivity contribution in [2.24, 2.45) is 5.92 Å². The Bertz CT molecular complexity index is 606. The number of amides is 1. The summed E-state index contributed by atoms with van der Waals surface area (Å²) in [5, 5.41) is 3.70. The van der Waals surface area contributed by atoms with Gasteiger partial charge >= 0.3 is 6.09 Å². The van der Waals surface area contributed by atoms with Gasteiger partial charge in [0.1, 0.15) is 5.60 Å². The molecule has 2 aliphatic rings. The van der Waals surface area contributed by atoms with Crippen molar-refractivity contribution in [3.8, 4) is 0 Å². The average molecular weight is 330 g/mol. The molecule has 3 rings (SSSR count). The van der Waals surface area contributed by atoms with E-state index in [0.29, 0.717) is 19.1 Å². The number of nitrogens with zero attached hydrogens (tertiary/aromatic N) is 1. The maximum absolute atomic E-state index is 12.2. The van der Waals surface area contributed by atoms with Crippen LogP contribution in [0.5, 0.6) is 0 Å². The molecule has 0 aromatic heterocycles. The lowest BCUT2D eigenvalue weighted by molar-refractivity contribution is 0.0242. The Morgan fingerprint density at radius 2 is 2.00 bits per heavy atom. The van der Waals surface area contributed by atoms with Gasteiger partial charge in [-0.2, -0.15) is 0 Å². The van der Waals surface area contributed by atoms with Gasteiger partial charge in [0, 0.05) is 25.7 Å². The summed E-state index contributed by atoms with van der Waals surface area (Å²) in [7, 11) is 0. The predicted molar refractivity (Wildman–Crippen MR) is 95.6 cm³/mol. The second-order valence-electron chi connectivity index (χ2n) is 8.34. The Labute approximate surface area is 145 Å². The molecule has 0 spiro atoms. The number of carbonyl (C=O) groups is 1. The van der Waals surface area contributed by atoms with E-state index in [2.05, 4.69) is 30.4 Å². The summed E-state index contributed by atoms with van der Waals surface area (Å²) >= 11 is 0. The van der Waals surface area contributed by atoms with Crippen LogP contribution < -0.4 is 5.32 Å². The van der Waals surface area contributed by atoms with Gasteiger partial charge < -0.3 is 10.1 Å². The summed E-state index contributed by atoms with van der Waals surface area (Å²) in [6.07, 6.45) is 3.75. The lowest BCUT2D eigenvalue weighted by Gasteiger charge is -2.24. The first-order valence-corrected chi connectivity index (χ1v) is 9.14. The number of hydrogen-bond donors (Lipinski definition) is 1. The van der Waals surface area contributed by atoms with Crippen LogP contribution >= 0.6 is 0 Å². The normalized spacial score (nSPS) is 23.4. The third-order valence-corrected chi connectivity index (χ3v) is 5.07. The van der Waals surface area contributed by atoms with Crippen LogP contribution in [-0.2, 0) is 24.4 Å². The molecule has 1 heterocycles. The van der Waals surface area contributed by atoms with Crippen LogP contribution in [0.1, 0.15) is 63.6 Å². The van der Waals surface area contributed by atoms with Gasteiger partial charge in [-0.3, -0.25) is 4.90 Å². The zero-order chi connectivity index (χ0) is 17.3. The highest BCUT2D eigenvalue weighted by Gasteiger charge is 2.28. The van der Waals surface area contributed by atoms with Crippen molar-refractivity contribution >= 4 is 6.09 Å². The summed E-state index contributed by atoms with van der Waals surface area (Å²) in [5.41, 5.74) is 3.34. The topological polar surface area (TPSA) is 41.6 Å². The maximum Gasteiger partial charge on any atom is 0.410 e. The average Bonchev–Trinajstić information content (AvgIpc) is 3.08. The van der Waals surface area contributed by atoms with Crippen molar-refractivity contribution in [3.05, 3.63) is 34.9 Å². The fourth-order valence-electron chi connectivity index (χ4n) is 3.71. The van der Waals surface area contributed by atoms with E-state index in [1.165, 1.54) is 36.0 Å². The highest BCUT2D eigenvalue weighted by Crippen LogP contribution is 2.27. The molecular formula is C20H30N2O2. The molecule has 2 unspecified atom stereocenters. The first-order valence-electron chi connectivity index (χ1n) is 9.14. The number of rotatable bonds is 3. The van der Waals surface area contributed by atoms with Crippen LogP contribution in [0.15, 0.2) is 18.2 Å². The molecule has 0 radical (unpaired) electrons. The zero-order valence-corrected chi connectivity index (χ0v) is 15.4. The lowest BCUT2D eigenvalue weighted by Crippen LogP contribution is -2.33. The molecule has 0 bridgehead atoms. The van der Waals surface area contributed by atoms with Crippen LogP contribution in [-0.4, -0.2) is 22.6 Å². The molecule has 1 fully saturated rings. The van der Waals surface area contributed by atoms with E-state index >= 15 is 0 Å². The first-order chi connectivity index (χ1) is 11.3. The summed E-state index contributed by atoms with van der Waals surface area (Å²) in [5.74, 6) is 0.780. The zero-order valence-electron chi connectivity index (χ0n) is 15.4. The molecule has 1 aromatic carbocycles. The van der Waals surface area contributed by atoms with E-state index in [1.807, 2.05) is 20.8 Å². The standard InChI is InChI=1S/C20H30N2O2/c1-14-6-5-7-18(14)21-11-15-8-9-16-12-22(13-17(16)10-15)19(23)24-20(2,3)4/h8-10,14,18,21H,5-7,11-13H2,1-4H3. The smallest absolute Gasteiger partial charge is 0.410 e. The van der Waals surface area contributed by atoms with Crippen molar-refractivity contribution in [1.82, 2.24) is 10.2 Å². The number of hydrogen-bond acceptors (Lipinski definition) is 3. The Kier molecular flexibility index (Phi) is 4.86.